The van der Waals surface area contributed by atoms with Crippen LogP contribution in [0.3, 0.4) is 0 Å². The SMILES string of the molecule is COC(=O)[C@@H](OC(C)(C)C)c1c(C)cc2nc(-c3nc(Br)cs3)sc2c1-c1ccc(Cl)cc1. The van der Waals surface area contributed by atoms with Crippen molar-refractivity contribution in [2.75, 3.05) is 7.11 Å². The van der Waals surface area contributed by atoms with Crippen LogP contribution in [-0.4, -0.2) is 28.6 Å². The van der Waals surface area contributed by atoms with Crippen LogP contribution < -0.4 is 0 Å². The van der Waals surface area contributed by atoms with E-state index in [0.717, 1.165) is 47.1 Å². The quantitative estimate of drug-likeness (QED) is 0.231. The molecular weight excluding hydrogens is 544 g/mol. The van der Waals surface area contributed by atoms with E-state index in [1.807, 2.05) is 63.4 Å². The second kappa shape index (κ2) is 9.43. The Kier molecular flexibility index (Phi) is 6.94. The van der Waals surface area contributed by atoms with Gasteiger partial charge < -0.3 is 9.47 Å². The first-order valence-electron chi connectivity index (χ1n) is 10.1. The van der Waals surface area contributed by atoms with Crippen LogP contribution >= 0.6 is 50.2 Å². The Bertz CT molecular complexity index is 1330. The van der Waals surface area contributed by atoms with Gasteiger partial charge in [0.1, 0.15) is 4.60 Å². The third kappa shape index (κ3) is 5.15. The maximum absolute atomic E-state index is 13.0. The summed E-state index contributed by atoms with van der Waals surface area (Å²) in [5.41, 5.74) is 3.74. The predicted molar refractivity (Wildman–Crippen MR) is 139 cm³/mol. The first-order chi connectivity index (χ1) is 15.6. The minimum atomic E-state index is -0.898. The molecule has 2 aromatic heterocycles. The normalized spacial score (nSPS) is 12.8. The van der Waals surface area contributed by atoms with Gasteiger partial charge in [-0.1, -0.05) is 23.7 Å². The lowest BCUT2D eigenvalue weighted by Crippen LogP contribution is -2.29. The molecule has 0 aliphatic rings. The molecule has 0 spiro atoms. The molecule has 9 heteroatoms. The summed E-state index contributed by atoms with van der Waals surface area (Å²) < 4.78 is 13.1. The molecule has 0 saturated carbocycles. The first kappa shape index (κ1) is 24.3. The molecule has 0 saturated heterocycles. The molecule has 0 aliphatic heterocycles. The summed E-state index contributed by atoms with van der Waals surface area (Å²) in [5, 5.41) is 4.22. The van der Waals surface area contributed by atoms with E-state index < -0.39 is 17.7 Å². The number of ether oxygens (including phenoxy) is 2. The van der Waals surface area contributed by atoms with Gasteiger partial charge in [0.2, 0.25) is 0 Å². The Labute approximate surface area is 213 Å². The van der Waals surface area contributed by atoms with Gasteiger partial charge in [0.25, 0.3) is 0 Å². The van der Waals surface area contributed by atoms with E-state index in [0.29, 0.717) is 5.02 Å². The van der Waals surface area contributed by atoms with Crippen LogP contribution in [0.25, 0.3) is 31.4 Å². The van der Waals surface area contributed by atoms with Gasteiger partial charge in [0.05, 0.1) is 22.9 Å². The van der Waals surface area contributed by atoms with Crippen LogP contribution in [0.5, 0.6) is 0 Å². The number of hydrogen-bond donors (Lipinski definition) is 0. The third-order valence-electron chi connectivity index (χ3n) is 4.87. The second-order valence-corrected chi connectivity index (χ2v) is 11.6. The van der Waals surface area contributed by atoms with E-state index in [9.17, 15) is 4.79 Å². The van der Waals surface area contributed by atoms with Crippen molar-refractivity contribution in [3.05, 3.63) is 56.5 Å². The van der Waals surface area contributed by atoms with Gasteiger partial charge in [-0.3, -0.25) is 0 Å². The third-order valence-corrected chi connectivity index (χ3v) is 7.90. The van der Waals surface area contributed by atoms with Gasteiger partial charge in [0, 0.05) is 21.5 Å². The lowest BCUT2D eigenvalue weighted by Gasteiger charge is -2.28. The van der Waals surface area contributed by atoms with Gasteiger partial charge in [-0.2, -0.15) is 0 Å². The molecule has 4 aromatic rings. The molecule has 0 radical (unpaired) electrons. The number of rotatable bonds is 5. The highest BCUT2D eigenvalue weighted by molar-refractivity contribution is 9.10. The molecule has 2 heterocycles. The minimum absolute atomic E-state index is 0.448. The number of carbonyl (C=O) groups is 1. The van der Waals surface area contributed by atoms with E-state index >= 15 is 0 Å². The smallest absolute Gasteiger partial charge is 0.339 e. The molecular formula is C24H22BrClN2O3S2. The molecule has 0 amide bonds. The standard InChI is InChI=1S/C24H22BrClN2O3S2/c1-12-10-15-20(33-22(27-15)21-28-16(25)11-32-21)18(13-6-8-14(26)9-7-13)17(12)19(23(29)30-5)31-24(2,3)4/h6-11,19H,1-5H3/t19-/m0/s1. The van der Waals surface area contributed by atoms with E-state index in [4.69, 9.17) is 26.1 Å². The second-order valence-electron chi connectivity index (χ2n) is 8.47. The Morgan fingerprint density at radius 1 is 1.15 bits per heavy atom. The van der Waals surface area contributed by atoms with Crippen molar-refractivity contribution in [2.45, 2.75) is 39.4 Å². The predicted octanol–water partition coefficient (Wildman–Crippen LogP) is 7.84. The summed E-state index contributed by atoms with van der Waals surface area (Å²) in [7, 11) is 1.38. The number of aryl methyl sites for hydroxylation is 1. The number of aromatic nitrogens is 2. The number of nitrogens with zero attached hydrogens (tertiary/aromatic N) is 2. The zero-order valence-electron chi connectivity index (χ0n) is 18.7. The van der Waals surface area contributed by atoms with Crippen molar-refractivity contribution >= 4 is 66.4 Å². The van der Waals surface area contributed by atoms with Gasteiger partial charge in [-0.05, 0) is 73.0 Å². The molecule has 0 N–H and O–H groups in total. The average molecular weight is 566 g/mol. The fraction of sp³-hybridized carbons (Fsp3) is 0.292. The number of halogens is 2. The molecule has 172 valence electrons. The maximum Gasteiger partial charge on any atom is 0.339 e. The maximum atomic E-state index is 13.0. The van der Waals surface area contributed by atoms with Crippen molar-refractivity contribution in [3.8, 4) is 21.1 Å². The first-order valence-corrected chi connectivity index (χ1v) is 13.0. The molecule has 1 atom stereocenters. The van der Waals surface area contributed by atoms with Crippen molar-refractivity contribution in [1.82, 2.24) is 9.97 Å². The Balaban J connectivity index is 2.04. The van der Waals surface area contributed by atoms with Crippen molar-refractivity contribution in [1.29, 1.82) is 0 Å². The lowest BCUT2D eigenvalue weighted by molar-refractivity contribution is -0.164. The topological polar surface area (TPSA) is 61.3 Å². The van der Waals surface area contributed by atoms with E-state index in [2.05, 4.69) is 20.9 Å². The van der Waals surface area contributed by atoms with Crippen LogP contribution in [0.1, 0.15) is 38.0 Å². The van der Waals surface area contributed by atoms with E-state index in [1.54, 1.807) is 11.3 Å². The number of carbonyl (C=O) groups excluding carboxylic acids is 1. The number of hydrogen-bond acceptors (Lipinski definition) is 7. The highest BCUT2D eigenvalue weighted by Crippen LogP contribution is 2.45. The molecule has 33 heavy (non-hydrogen) atoms. The summed E-state index contributed by atoms with van der Waals surface area (Å²) in [6.45, 7) is 7.73. The average Bonchev–Trinajstić information content (AvgIpc) is 3.36. The Hall–Kier alpha value is -1.84. The highest BCUT2D eigenvalue weighted by atomic mass is 79.9. The molecule has 0 bridgehead atoms. The number of esters is 1. The molecule has 5 nitrogen and oxygen atoms in total. The zero-order valence-corrected chi connectivity index (χ0v) is 22.7. The summed E-state index contributed by atoms with van der Waals surface area (Å²) in [5.74, 6) is -0.448. The number of methoxy groups -OCH3 is 1. The molecule has 0 aliphatic carbocycles. The number of thiazole rings is 2. The Morgan fingerprint density at radius 3 is 2.42 bits per heavy atom. The molecule has 0 fully saturated rings. The largest absolute Gasteiger partial charge is 0.467 e. The van der Waals surface area contributed by atoms with Crippen LogP contribution in [0.2, 0.25) is 5.02 Å². The number of benzene rings is 2. The van der Waals surface area contributed by atoms with Crippen molar-refractivity contribution in [3.63, 3.8) is 0 Å². The van der Waals surface area contributed by atoms with Gasteiger partial charge in [-0.25, -0.2) is 14.8 Å². The zero-order chi connectivity index (χ0) is 23.9. The number of fused-ring (bicyclic) bond motifs is 1. The molecule has 0 unspecified atom stereocenters. The summed E-state index contributed by atoms with van der Waals surface area (Å²) >= 11 is 12.7. The summed E-state index contributed by atoms with van der Waals surface area (Å²) in [6, 6.07) is 9.57. The summed E-state index contributed by atoms with van der Waals surface area (Å²) in [6.07, 6.45) is -0.898. The van der Waals surface area contributed by atoms with E-state index in [-0.39, 0.29) is 0 Å². The van der Waals surface area contributed by atoms with Crippen LogP contribution in [0.4, 0.5) is 0 Å². The van der Waals surface area contributed by atoms with Crippen LogP contribution in [-0.2, 0) is 14.3 Å². The fourth-order valence-corrected chi connectivity index (χ4v) is 6.12. The molecule has 2 aromatic carbocycles. The van der Waals surface area contributed by atoms with Gasteiger partial charge in [0.15, 0.2) is 16.1 Å². The van der Waals surface area contributed by atoms with Crippen LogP contribution in [0.15, 0.2) is 40.3 Å². The Morgan fingerprint density at radius 2 is 1.85 bits per heavy atom. The van der Waals surface area contributed by atoms with Gasteiger partial charge in [-0.15, -0.1) is 22.7 Å². The monoisotopic (exact) mass is 564 g/mol. The van der Waals surface area contributed by atoms with Crippen molar-refractivity contribution < 1.29 is 14.3 Å². The van der Waals surface area contributed by atoms with Gasteiger partial charge >= 0.3 is 5.97 Å². The minimum Gasteiger partial charge on any atom is -0.467 e. The summed E-state index contributed by atoms with van der Waals surface area (Å²) in [4.78, 5) is 22.3. The van der Waals surface area contributed by atoms with Crippen LogP contribution in [0, 0.1) is 6.92 Å². The molecule has 4 rings (SSSR count). The van der Waals surface area contributed by atoms with Crippen molar-refractivity contribution in [2.24, 2.45) is 0 Å². The fourth-order valence-electron chi connectivity index (χ4n) is 3.58. The highest BCUT2D eigenvalue weighted by Gasteiger charge is 2.33. The lowest BCUT2D eigenvalue weighted by atomic mass is 9.91. The van der Waals surface area contributed by atoms with E-state index in [1.165, 1.54) is 18.4 Å².